The first-order valence-electron chi connectivity index (χ1n) is 5.05. The van der Waals surface area contributed by atoms with Crippen LogP contribution < -0.4 is 0 Å². The van der Waals surface area contributed by atoms with E-state index in [0.717, 1.165) is 0 Å². The number of hydrogen-bond acceptors (Lipinski definition) is 4. The fourth-order valence-corrected chi connectivity index (χ4v) is 1.63. The SMILES string of the molecule is CC1(C(=O)O)CC(c2ccccc2C#N)=NO1. The number of benzene rings is 1. The minimum Gasteiger partial charge on any atom is -0.478 e. The number of oxime groups is 1. The Hall–Kier alpha value is -2.35. The predicted molar refractivity (Wildman–Crippen MR) is 59.4 cm³/mol. The van der Waals surface area contributed by atoms with Gasteiger partial charge in [-0.25, -0.2) is 4.79 Å². The first kappa shape index (κ1) is 11.1. The minimum atomic E-state index is -1.34. The zero-order valence-electron chi connectivity index (χ0n) is 9.17. The number of rotatable bonds is 2. The maximum atomic E-state index is 11.0. The Kier molecular flexibility index (Phi) is 2.56. The van der Waals surface area contributed by atoms with Crippen molar-refractivity contribution < 1.29 is 14.7 Å². The molecule has 1 heterocycles. The highest BCUT2D eigenvalue weighted by molar-refractivity contribution is 6.06. The van der Waals surface area contributed by atoms with E-state index in [-0.39, 0.29) is 6.42 Å². The second-order valence-electron chi connectivity index (χ2n) is 4.00. The van der Waals surface area contributed by atoms with Crippen LogP contribution in [0.3, 0.4) is 0 Å². The highest BCUT2D eigenvalue weighted by Gasteiger charge is 2.42. The molecule has 1 aliphatic rings. The molecule has 5 nitrogen and oxygen atoms in total. The lowest BCUT2D eigenvalue weighted by Gasteiger charge is -2.14. The summed E-state index contributed by atoms with van der Waals surface area (Å²) in [6, 6.07) is 8.95. The first-order valence-corrected chi connectivity index (χ1v) is 5.05. The summed E-state index contributed by atoms with van der Waals surface area (Å²) >= 11 is 0. The summed E-state index contributed by atoms with van der Waals surface area (Å²) in [5.41, 5.74) is 0.245. The molecule has 1 unspecified atom stereocenters. The zero-order valence-corrected chi connectivity index (χ0v) is 9.17. The Labute approximate surface area is 97.9 Å². The van der Waals surface area contributed by atoms with E-state index in [4.69, 9.17) is 15.2 Å². The van der Waals surface area contributed by atoms with Crippen molar-refractivity contribution in [1.82, 2.24) is 0 Å². The van der Waals surface area contributed by atoms with Gasteiger partial charge in [-0.3, -0.25) is 0 Å². The number of hydrogen-bond donors (Lipinski definition) is 1. The fourth-order valence-electron chi connectivity index (χ4n) is 1.63. The van der Waals surface area contributed by atoms with Crippen LogP contribution >= 0.6 is 0 Å². The van der Waals surface area contributed by atoms with Gasteiger partial charge in [-0.15, -0.1) is 0 Å². The van der Waals surface area contributed by atoms with Gasteiger partial charge in [-0.1, -0.05) is 23.4 Å². The van der Waals surface area contributed by atoms with Gasteiger partial charge >= 0.3 is 5.97 Å². The van der Waals surface area contributed by atoms with Crippen LogP contribution in [0.1, 0.15) is 24.5 Å². The molecule has 1 atom stereocenters. The summed E-state index contributed by atoms with van der Waals surface area (Å²) in [4.78, 5) is 15.9. The number of carbonyl (C=O) groups is 1. The Morgan fingerprint density at radius 2 is 2.29 bits per heavy atom. The Balaban J connectivity index is 2.33. The standard InChI is InChI=1S/C12H10N2O3/c1-12(11(15)16)6-10(14-17-12)9-5-3-2-4-8(9)7-13/h2-5H,6H2,1H3,(H,15,16). The molecule has 1 aromatic rings. The van der Waals surface area contributed by atoms with Crippen molar-refractivity contribution in [3.63, 3.8) is 0 Å². The molecule has 17 heavy (non-hydrogen) atoms. The second-order valence-corrected chi connectivity index (χ2v) is 4.00. The van der Waals surface area contributed by atoms with Crippen LogP contribution in [0.4, 0.5) is 0 Å². The van der Waals surface area contributed by atoms with Gasteiger partial charge in [0.25, 0.3) is 0 Å². The molecule has 0 spiro atoms. The average Bonchev–Trinajstić information content (AvgIpc) is 2.73. The number of nitrogens with zero attached hydrogens (tertiary/aromatic N) is 2. The maximum absolute atomic E-state index is 11.0. The topological polar surface area (TPSA) is 82.7 Å². The molecule has 86 valence electrons. The molecule has 0 radical (unpaired) electrons. The lowest BCUT2D eigenvalue weighted by atomic mass is 9.94. The minimum absolute atomic E-state index is 0.154. The maximum Gasteiger partial charge on any atom is 0.351 e. The van der Waals surface area contributed by atoms with Crippen molar-refractivity contribution in [3.05, 3.63) is 35.4 Å². The highest BCUT2D eigenvalue weighted by Crippen LogP contribution is 2.27. The van der Waals surface area contributed by atoms with Crippen LogP contribution in [0.15, 0.2) is 29.4 Å². The normalized spacial score (nSPS) is 22.5. The Morgan fingerprint density at radius 3 is 2.88 bits per heavy atom. The summed E-state index contributed by atoms with van der Waals surface area (Å²) in [6.07, 6.45) is 0.154. The van der Waals surface area contributed by atoms with Crippen molar-refractivity contribution >= 4 is 11.7 Å². The van der Waals surface area contributed by atoms with Gasteiger partial charge in [-0.2, -0.15) is 5.26 Å². The summed E-state index contributed by atoms with van der Waals surface area (Å²) in [5.74, 6) is -1.06. The van der Waals surface area contributed by atoms with E-state index in [9.17, 15) is 4.79 Å². The number of carboxylic acid groups (broad SMARTS) is 1. The van der Waals surface area contributed by atoms with E-state index < -0.39 is 11.6 Å². The molecule has 0 amide bonds. The largest absolute Gasteiger partial charge is 0.478 e. The lowest BCUT2D eigenvalue weighted by molar-refractivity contribution is -0.160. The van der Waals surface area contributed by atoms with Crippen LogP contribution in [0.5, 0.6) is 0 Å². The van der Waals surface area contributed by atoms with Crippen molar-refractivity contribution in [2.45, 2.75) is 18.9 Å². The number of carboxylic acids is 1. The van der Waals surface area contributed by atoms with Gasteiger partial charge in [0.15, 0.2) is 0 Å². The third-order valence-corrected chi connectivity index (χ3v) is 2.67. The van der Waals surface area contributed by atoms with E-state index in [1.165, 1.54) is 6.92 Å². The van der Waals surface area contributed by atoms with Crippen molar-refractivity contribution in [3.8, 4) is 6.07 Å². The van der Waals surface area contributed by atoms with Crippen LogP contribution in [0.2, 0.25) is 0 Å². The van der Waals surface area contributed by atoms with Crippen LogP contribution in [0.25, 0.3) is 0 Å². The monoisotopic (exact) mass is 230 g/mol. The fraction of sp³-hybridized carbons (Fsp3) is 0.250. The van der Waals surface area contributed by atoms with E-state index in [1.807, 2.05) is 6.07 Å². The smallest absolute Gasteiger partial charge is 0.351 e. The van der Waals surface area contributed by atoms with Crippen LogP contribution in [-0.4, -0.2) is 22.4 Å². The molecule has 1 aliphatic heterocycles. The van der Waals surface area contributed by atoms with Gasteiger partial charge in [0.2, 0.25) is 5.60 Å². The van der Waals surface area contributed by atoms with Gasteiger partial charge < -0.3 is 9.94 Å². The molecule has 0 bridgehead atoms. The summed E-state index contributed by atoms with van der Waals surface area (Å²) < 4.78 is 0. The van der Waals surface area contributed by atoms with Gasteiger partial charge in [0, 0.05) is 12.0 Å². The zero-order chi connectivity index (χ0) is 12.5. The van der Waals surface area contributed by atoms with Crippen molar-refractivity contribution in [2.24, 2.45) is 5.16 Å². The summed E-state index contributed by atoms with van der Waals surface area (Å²) in [5, 5.41) is 21.7. The molecule has 1 N–H and O–H groups in total. The first-order chi connectivity index (χ1) is 8.07. The Morgan fingerprint density at radius 1 is 1.59 bits per heavy atom. The lowest BCUT2D eigenvalue weighted by Crippen LogP contribution is -2.35. The van der Waals surface area contributed by atoms with Gasteiger partial charge in [0.1, 0.15) is 0 Å². The average molecular weight is 230 g/mol. The molecule has 0 saturated heterocycles. The van der Waals surface area contributed by atoms with Crippen LogP contribution in [0, 0.1) is 11.3 Å². The predicted octanol–water partition coefficient (Wildman–Crippen LogP) is 1.53. The van der Waals surface area contributed by atoms with Crippen molar-refractivity contribution in [2.75, 3.05) is 0 Å². The van der Waals surface area contributed by atoms with E-state index >= 15 is 0 Å². The molecule has 0 aromatic heterocycles. The van der Waals surface area contributed by atoms with Gasteiger partial charge in [0.05, 0.1) is 17.3 Å². The third-order valence-electron chi connectivity index (χ3n) is 2.67. The Bertz CT molecular complexity index is 545. The number of nitriles is 1. The van der Waals surface area contributed by atoms with E-state index in [1.54, 1.807) is 24.3 Å². The van der Waals surface area contributed by atoms with E-state index in [0.29, 0.717) is 16.8 Å². The second kappa shape index (κ2) is 3.91. The molecule has 0 fully saturated rings. The van der Waals surface area contributed by atoms with Crippen LogP contribution in [-0.2, 0) is 9.63 Å². The molecule has 1 aromatic carbocycles. The highest BCUT2D eigenvalue weighted by atomic mass is 16.7. The molecular formula is C12H10N2O3. The molecule has 5 heteroatoms. The molecular weight excluding hydrogens is 220 g/mol. The molecule has 0 saturated carbocycles. The number of aliphatic carboxylic acids is 1. The van der Waals surface area contributed by atoms with Crippen molar-refractivity contribution in [1.29, 1.82) is 5.26 Å². The third kappa shape index (κ3) is 1.85. The molecule has 2 rings (SSSR count). The van der Waals surface area contributed by atoms with E-state index in [2.05, 4.69) is 5.16 Å². The summed E-state index contributed by atoms with van der Waals surface area (Å²) in [7, 11) is 0. The summed E-state index contributed by atoms with van der Waals surface area (Å²) in [6.45, 7) is 1.46. The molecule has 0 aliphatic carbocycles. The van der Waals surface area contributed by atoms with Gasteiger partial charge in [-0.05, 0) is 13.0 Å². The quantitative estimate of drug-likeness (QED) is 0.835.